The summed E-state index contributed by atoms with van der Waals surface area (Å²) in [5.74, 6) is -0.227. The fraction of sp³-hybridized carbons (Fsp3) is 0.391. The lowest BCUT2D eigenvalue weighted by molar-refractivity contribution is -0.144. The summed E-state index contributed by atoms with van der Waals surface area (Å²) >= 11 is 0. The largest absolute Gasteiger partial charge is 0.466 e. The molecular formula is C23H29NO3. The summed E-state index contributed by atoms with van der Waals surface area (Å²) < 4.78 is 4.99. The first-order valence-electron chi connectivity index (χ1n) is 9.57. The highest BCUT2D eigenvalue weighted by Crippen LogP contribution is 2.29. The second-order valence-electron chi connectivity index (χ2n) is 6.81. The van der Waals surface area contributed by atoms with E-state index in [1.165, 1.54) is 0 Å². The molecule has 4 nitrogen and oxygen atoms in total. The Labute approximate surface area is 162 Å². The van der Waals surface area contributed by atoms with Crippen molar-refractivity contribution in [1.82, 2.24) is 4.90 Å². The number of hydrogen-bond donors (Lipinski definition) is 0. The Kier molecular flexibility index (Phi) is 8.05. The van der Waals surface area contributed by atoms with Crippen molar-refractivity contribution in [3.05, 3.63) is 71.8 Å². The minimum Gasteiger partial charge on any atom is -0.466 e. The number of ether oxygens (including phenoxy) is 1. The average Bonchev–Trinajstić information content (AvgIpc) is 2.67. The SMILES string of the molecule is CCOC(=O)CCN(C(=O)CC(c1ccccc1)c1ccccc1)C(C)C. The van der Waals surface area contributed by atoms with Crippen molar-refractivity contribution in [3.63, 3.8) is 0 Å². The van der Waals surface area contributed by atoms with Gasteiger partial charge in [-0.3, -0.25) is 9.59 Å². The van der Waals surface area contributed by atoms with E-state index in [2.05, 4.69) is 24.3 Å². The van der Waals surface area contributed by atoms with Crippen molar-refractivity contribution in [2.24, 2.45) is 0 Å². The van der Waals surface area contributed by atoms with Crippen LogP contribution in [0.15, 0.2) is 60.7 Å². The number of nitrogens with zero attached hydrogens (tertiary/aromatic N) is 1. The zero-order valence-corrected chi connectivity index (χ0v) is 16.4. The first-order chi connectivity index (χ1) is 13.0. The van der Waals surface area contributed by atoms with Gasteiger partial charge in [-0.15, -0.1) is 0 Å². The van der Waals surface area contributed by atoms with Crippen LogP contribution < -0.4 is 0 Å². The fourth-order valence-corrected chi connectivity index (χ4v) is 3.21. The van der Waals surface area contributed by atoms with Crippen molar-refractivity contribution in [1.29, 1.82) is 0 Å². The minimum absolute atomic E-state index is 0.0104. The summed E-state index contributed by atoms with van der Waals surface area (Å²) in [5, 5.41) is 0. The molecule has 1 amide bonds. The quantitative estimate of drug-likeness (QED) is 0.617. The van der Waals surface area contributed by atoms with Crippen LogP contribution in [0.5, 0.6) is 0 Å². The van der Waals surface area contributed by atoms with E-state index in [-0.39, 0.29) is 30.3 Å². The second-order valence-corrected chi connectivity index (χ2v) is 6.81. The lowest BCUT2D eigenvalue weighted by Gasteiger charge is -2.29. The molecule has 2 rings (SSSR count). The van der Waals surface area contributed by atoms with Crippen LogP contribution in [0.25, 0.3) is 0 Å². The minimum atomic E-state index is -0.265. The Morgan fingerprint density at radius 3 is 1.89 bits per heavy atom. The molecule has 2 aromatic rings. The highest BCUT2D eigenvalue weighted by molar-refractivity contribution is 5.79. The molecule has 0 bridgehead atoms. The maximum atomic E-state index is 13.1. The lowest BCUT2D eigenvalue weighted by Crippen LogP contribution is -2.39. The number of hydrogen-bond acceptors (Lipinski definition) is 3. The third kappa shape index (κ3) is 6.24. The van der Waals surface area contributed by atoms with Gasteiger partial charge in [-0.1, -0.05) is 60.7 Å². The topological polar surface area (TPSA) is 46.6 Å². The third-order valence-electron chi connectivity index (χ3n) is 4.59. The zero-order valence-electron chi connectivity index (χ0n) is 16.4. The molecule has 0 fully saturated rings. The van der Waals surface area contributed by atoms with Crippen LogP contribution in [0.1, 0.15) is 50.7 Å². The Morgan fingerprint density at radius 1 is 0.926 bits per heavy atom. The highest BCUT2D eigenvalue weighted by atomic mass is 16.5. The number of rotatable bonds is 9. The monoisotopic (exact) mass is 367 g/mol. The van der Waals surface area contributed by atoms with Gasteiger partial charge in [0.15, 0.2) is 0 Å². The molecule has 0 N–H and O–H groups in total. The molecule has 4 heteroatoms. The Morgan fingerprint density at radius 2 is 1.44 bits per heavy atom. The molecule has 0 atom stereocenters. The summed E-state index contributed by atoms with van der Waals surface area (Å²) in [5.41, 5.74) is 2.23. The molecule has 0 aromatic heterocycles. The summed E-state index contributed by atoms with van der Waals surface area (Å²) in [6.07, 6.45) is 0.591. The van der Waals surface area contributed by atoms with E-state index in [1.807, 2.05) is 50.2 Å². The molecule has 0 aliphatic heterocycles. The maximum absolute atomic E-state index is 13.1. The molecule has 2 aromatic carbocycles. The van der Waals surface area contributed by atoms with Gasteiger partial charge in [0.2, 0.25) is 5.91 Å². The van der Waals surface area contributed by atoms with E-state index in [4.69, 9.17) is 4.74 Å². The Balaban J connectivity index is 2.17. The standard InChI is InChI=1S/C23H29NO3/c1-4-27-23(26)15-16-24(18(2)3)22(25)17-21(19-11-7-5-8-12-19)20-13-9-6-10-14-20/h5-14,18,21H,4,15-17H2,1-3H3. The first kappa shape index (κ1) is 20.7. The molecule has 0 saturated carbocycles. The van der Waals surface area contributed by atoms with Crippen molar-refractivity contribution in [3.8, 4) is 0 Å². The first-order valence-corrected chi connectivity index (χ1v) is 9.57. The van der Waals surface area contributed by atoms with Gasteiger partial charge >= 0.3 is 5.97 Å². The van der Waals surface area contributed by atoms with Gasteiger partial charge in [-0.2, -0.15) is 0 Å². The van der Waals surface area contributed by atoms with Gasteiger partial charge in [0.05, 0.1) is 13.0 Å². The molecule has 0 aliphatic rings. The van der Waals surface area contributed by atoms with Crippen LogP contribution in [-0.2, 0) is 14.3 Å². The van der Waals surface area contributed by atoms with E-state index in [9.17, 15) is 9.59 Å². The summed E-state index contributed by atoms with van der Waals surface area (Å²) in [6.45, 7) is 6.48. The van der Waals surface area contributed by atoms with Gasteiger partial charge in [-0.05, 0) is 31.9 Å². The molecule has 0 spiro atoms. The van der Waals surface area contributed by atoms with E-state index in [1.54, 1.807) is 11.8 Å². The van der Waals surface area contributed by atoms with Crippen molar-refractivity contribution in [2.75, 3.05) is 13.2 Å². The van der Waals surface area contributed by atoms with Gasteiger partial charge in [-0.25, -0.2) is 0 Å². The molecule has 27 heavy (non-hydrogen) atoms. The van der Waals surface area contributed by atoms with Gasteiger partial charge in [0.1, 0.15) is 0 Å². The smallest absolute Gasteiger partial charge is 0.307 e. The predicted octanol–water partition coefficient (Wildman–Crippen LogP) is 4.40. The molecule has 0 radical (unpaired) electrons. The number of benzene rings is 2. The summed E-state index contributed by atoms with van der Waals surface area (Å²) in [4.78, 5) is 26.6. The van der Waals surface area contributed by atoms with Crippen LogP contribution >= 0.6 is 0 Å². The molecule has 144 valence electrons. The normalized spacial score (nSPS) is 10.9. The third-order valence-corrected chi connectivity index (χ3v) is 4.59. The van der Waals surface area contributed by atoms with Crippen LogP contribution in [0.3, 0.4) is 0 Å². The molecule has 0 unspecified atom stereocenters. The summed E-state index contributed by atoms with van der Waals surface area (Å²) in [6, 6.07) is 20.2. The average molecular weight is 367 g/mol. The van der Waals surface area contributed by atoms with Crippen molar-refractivity contribution >= 4 is 11.9 Å². The van der Waals surface area contributed by atoms with Gasteiger partial charge in [0.25, 0.3) is 0 Å². The van der Waals surface area contributed by atoms with E-state index in [0.717, 1.165) is 11.1 Å². The van der Waals surface area contributed by atoms with Crippen LogP contribution in [0.4, 0.5) is 0 Å². The predicted molar refractivity (Wildman–Crippen MR) is 107 cm³/mol. The molecule has 0 aliphatic carbocycles. The van der Waals surface area contributed by atoms with E-state index < -0.39 is 0 Å². The number of carbonyl (C=O) groups excluding carboxylic acids is 2. The van der Waals surface area contributed by atoms with Crippen molar-refractivity contribution < 1.29 is 14.3 Å². The second kappa shape index (κ2) is 10.5. The lowest BCUT2D eigenvalue weighted by atomic mass is 9.88. The van der Waals surface area contributed by atoms with Crippen LogP contribution in [0, 0.1) is 0 Å². The molecule has 0 saturated heterocycles. The Bertz CT molecular complexity index is 673. The van der Waals surface area contributed by atoms with Gasteiger partial charge < -0.3 is 9.64 Å². The highest BCUT2D eigenvalue weighted by Gasteiger charge is 2.24. The maximum Gasteiger partial charge on any atom is 0.307 e. The van der Waals surface area contributed by atoms with Crippen molar-refractivity contribution in [2.45, 2.75) is 45.6 Å². The fourth-order valence-electron chi connectivity index (χ4n) is 3.21. The number of carbonyl (C=O) groups is 2. The van der Waals surface area contributed by atoms with Crippen LogP contribution in [0.2, 0.25) is 0 Å². The van der Waals surface area contributed by atoms with Crippen LogP contribution in [-0.4, -0.2) is 36.0 Å². The number of esters is 1. The Hall–Kier alpha value is -2.62. The van der Waals surface area contributed by atoms with E-state index >= 15 is 0 Å². The zero-order chi connectivity index (χ0) is 19.6. The van der Waals surface area contributed by atoms with Gasteiger partial charge in [0, 0.05) is 24.9 Å². The molecule has 0 heterocycles. The summed E-state index contributed by atoms with van der Waals surface area (Å²) in [7, 11) is 0. The molecular weight excluding hydrogens is 338 g/mol. The van der Waals surface area contributed by atoms with E-state index in [0.29, 0.717) is 19.6 Å². The number of amides is 1.